The predicted octanol–water partition coefficient (Wildman–Crippen LogP) is 0.242. The van der Waals surface area contributed by atoms with Crippen LogP contribution >= 0.6 is 0 Å². The highest BCUT2D eigenvalue weighted by molar-refractivity contribution is 7.91. The van der Waals surface area contributed by atoms with Crippen LogP contribution in [0, 0.1) is 0 Å². The van der Waals surface area contributed by atoms with E-state index in [-0.39, 0.29) is 12.3 Å². The van der Waals surface area contributed by atoms with Crippen molar-refractivity contribution in [3.05, 3.63) is 29.3 Å². The lowest BCUT2D eigenvalue weighted by Gasteiger charge is -2.09. The van der Waals surface area contributed by atoms with Gasteiger partial charge in [0.05, 0.1) is 20.0 Å². The van der Waals surface area contributed by atoms with Crippen LogP contribution in [0.2, 0.25) is 0 Å². The fraction of sp³-hybridized carbons (Fsp3) is 0.417. The number of carbonyl (C=O) groups is 1. The molecule has 106 valence electrons. The third kappa shape index (κ3) is 4.53. The summed E-state index contributed by atoms with van der Waals surface area (Å²) < 4.78 is 33.0. The van der Waals surface area contributed by atoms with E-state index in [4.69, 9.17) is 10.5 Å². The van der Waals surface area contributed by atoms with Crippen molar-refractivity contribution >= 4 is 15.8 Å². The van der Waals surface area contributed by atoms with Crippen molar-refractivity contribution in [1.82, 2.24) is 0 Å². The molecule has 0 spiro atoms. The Balaban J connectivity index is 2.91. The second-order valence-corrected chi connectivity index (χ2v) is 6.02. The summed E-state index contributed by atoms with van der Waals surface area (Å²) in [7, 11) is -0.880. The number of benzene rings is 1. The molecule has 0 radical (unpaired) electrons. The normalized spacial score (nSPS) is 11.1. The summed E-state index contributed by atoms with van der Waals surface area (Å²) in [6, 6.07) is 4.95. The molecule has 0 atom stereocenters. The van der Waals surface area contributed by atoms with E-state index in [1.54, 1.807) is 18.2 Å². The molecule has 0 aliphatic heterocycles. The first kappa shape index (κ1) is 15.5. The van der Waals surface area contributed by atoms with Crippen LogP contribution in [0.3, 0.4) is 0 Å². The summed E-state index contributed by atoms with van der Waals surface area (Å²) in [5.41, 5.74) is 6.83. The summed E-state index contributed by atoms with van der Waals surface area (Å²) >= 11 is 0. The zero-order valence-electron chi connectivity index (χ0n) is 10.9. The van der Waals surface area contributed by atoms with Crippen molar-refractivity contribution in [2.75, 3.05) is 20.0 Å². The zero-order chi connectivity index (χ0) is 14.5. The highest BCUT2D eigenvalue weighted by Crippen LogP contribution is 2.20. The number of hydrogen-bond donors (Lipinski definition) is 1. The number of hydrogen-bond acceptors (Lipinski definition) is 6. The van der Waals surface area contributed by atoms with Crippen LogP contribution in [0.25, 0.3) is 0 Å². The van der Waals surface area contributed by atoms with Gasteiger partial charge in [0.25, 0.3) is 0 Å². The van der Waals surface area contributed by atoms with Gasteiger partial charge in [-0.15, -0.1) is 0 Å². The maximum absolute atomic E-state index is 11.8. The third-order valence-corrected chi connectivity index (χ3v) is 3.97. The van der Waals surface area contributed by atoms with Gasteiger partial charge in [-0.05, 0) is 17.7 Å². The lowest BCUT2D eigenvalue weighted by Crippen LogP contribution is -2.19. The number of ether oxygens (including phenoxy) is 2. The maximum Gasteiger partial charge on any atom is 0.320 e. The van der Waals surface area contributed by atoms with Gasteiger partial charge in [0, 0.05) is 12.1 Å². The standard InChI is InChI=1S/C12H17NO5S/c1-17-11-4-3-9(5-10(11)6-13)7-19(15,16)8-12(14)18-2/h3-5H,6-8,13H2,1-2H3. The van der Waals surface area contributed by atoms with Gasteiger partial charge in [0.15, 0.2) is 9.84 Å². The fourth-order valence-corrected chi connectivity index (χ4v) is 2.89. The molecule has 0 aromatic heterocycles. The average Bonchev–Trinajstić information content (AvgIpc) is 2.37. The molecule has 0 amide bonds. The van der Waals surface area contributed by atoms with Gasteiger partial charge >= 0.3 is 5.97 Å². The Morgan fingerprint density at radius 2 is 2.00 bits per heavy atom. The summed E-state index contributed by atoms with van der Waals surface area (Å²) in [5.74, 6) is -1.03. The SMILES string of the molecule is COC(=O)CS(=O)(=O)Cc1ccc(OC)c(CN)c1. The van der Waals surface area contributed by atoms with Crippen molar-refractivity contribution in [2.24, 2.45) is 5.73 Å². The van der Waals surface area contributed by atoms with Crippen molar-refractivity contribution < 1.29 is 22.7 Å². The topological polar surface area (TPSA) is 95.7 Å². The number of nitrogens with two attached hydrogens (primary N) is 1. The molecule has 0 saturated heterocycles. The van der Waals surface area contributed by atoms with Crippen molar-refractivity contribution in [3.63, 3.8) is 0 Å². The van der Waals surface area contributed by atoms with Crippen LogP contribution in [-0.2, 0) is 31.7 Å². The van der Waals surface area contributed by atoms with Crippen LogP contribution in [0.4, 0.5) is 0 Å². The molecule has 1 rings (SSSR count). The first-order valence-electron chi connectivity index (χ1n) is 5.55. The monoisotopic (exact) mass is 287 g/mol. The molecule has 0 bridgehead atoms. The van der Waals surface area contributed by atoms with Crippen LogP contribution in [-0.4, -0.2) is 34.4 Å². The molecule has 0 heterocycles. The molecule has 0 aliphatic rings. The van der Waals surface area contributed by atoms with E-state index >= 15 is 0 Å². The van der Waals surface area contributed by atoms with E-state index in [0.717, 1.165) is 7.11 Å². The summed E-state index contributed by atoms with van der Waals surface area (Å²) in [5, 5.41) is 0. The molecule has 7 heteroatoms. The largest absolute Gasteiger partial charge is 0.496 e. The molecular formula is C12H17NO5S. The lowest BCUT2D eigenvalue weighted by molar-refractivity contribution is -0.137. The van der Waals surface area contributed by atoms with Crippen LogP contribution in [0.15, 0.2) is 18.2 Å². The quantitative estimate of drug-likeness (QED) is 0.753. The first-order chi connectivity index (χ1) is 8.91. The number of esters is 1. The minimum atomic E-state index is -3.55. The Morgan fingerprint density at radius 1 is 1.32 bits per heavy atom. The van der Waals surface area contributed by atoms with Gasteiger partial charge in [0.1, 0.15) is 11.5 Å². The van der Waals surface area contributed by atoms with Gasteiger partial charge in [-0.3, -0.25) is 4.79 Å². The van der Waals surface area contributed by atoms with Gasteiger partial charge < -0.3 is 15.2 Å². The lowest BCUT2D eigenvalue weighted by atomic mass is 10.1. The summed E-state index contributed by atoms with van der Waals surface area (Å²) in [4.78, 5) is 11.0. The molecule has 0 aliphatic carbocycles. The number of sulfone groups is 1. The Labute approximate surface area is 112 Å². The van der Waals surface area contributed by atoms with Gasteiger partial charge in [-0.1, -0.05) is 6.07 Å². The van der Waals surface area contributed by atoms with Gasteiger partial charge in [0.2, 0.25) is 0 Å². The fourth-order valence-electron chi connectivity index (χ4n) is 1.62. The Bertz CT molecular complexity index is 553. The smallest absolute Gasteiger partial charge is 0.320 e. The Morgan fingerprint density at radius 3 is 2.53 bits per heavy atom. The van der Waals surface area contributed by atoms with E-state index in [1.807, 2.05) is 0 Å². The second kappa shape index (κ2) is 6.53. The molecule has 19 heavy (non-hydrogen) atoms. The molecule has 6 nitrogen and oxygen atoms in total. The number of rotatable bonds is 6. The molecular weight excluding hydrogens is 270 g/mol. The van der Waals surface area contributed by atoms with Crippen molar-refractivity contribution in [3.8, 4) is 5.75 Å². The summed E-state index contributed by atoms with van der Waals surface area (Å²) in [6.45, 7) is 0.244. The second-order valence-electron chi connectivity index (χ2n) is 3.96. The van der Waals surface area contributed by atoms with E-state index in [2.05, 4.69) is 4.74 Å². The molecule has 2 N–H and O–H groups in total. The molecule has 0 saturated carbocycles. The van der Waals surface area contributed by atoms with E-state index in [0.29, 0.717) is 16.9 Å². The Kier molecular flexibility index (Phi) is 5.31. The van der Waals surface area contributed by atoms with Crippen LogP contribution in [0.5, 0.6) is 5.75 Å². The summed E-state index contributed by atoms with van der Waals surface area (Å²) in [6.07, 6.45) is 0. The zero-order valence-corrected chi connectivity index (χ0v) is 11.7. The van der Waals surface area contributed by atoms with Crippen LogP contribution in [0.1, 0.15) is 11.1 Å². The minimum absolute atomic E-state index is 0.237. The predicted molar refractivity (Wildman–Crippen MR) is 70.4 cm³/mol. The maximum atomic E-state index is 11.8. The van der Waals surface area contributed by atoms with Crippen molar-refractivity contribution in [2.45, 2.75) is 12.3 Å². The Hall–Kier alpha value is -1.60. The number of carbonyl (C=O) groups excluding carboxylic acids is 1. The molecule has 1 aromatic carbocycles. The van der Waals surface area contributed by atoms with Crippen molar-refractivity contribution in [1.29, 1.82) is 0 Å². The average molecular weight is 287 g/mol. The first-order valence-corrected chi connectivity index (χ1v) is 7.37. The van der Waals surface area contributed by atoms with E-state index in [1.165, 1.54) is 7.11 Å². The van der Waals surface area contributed by atoms with E-state index < -0.39 is 21.6 Å². The highest BCUT2D eigenvalue weighted by atomic mass is 32.2. The number of methoxy groups -OCH3 is 2. The molecule has 0 fully saturated rings. The van der Waals surface area contributed by atoms with E-state index in [9.17, 15) is 13.2 Å². The molecule has 1 aromatic rings. The van der Waals surface area contributed by atoms with Gasteiger partial charge in [-0.2, -0.15) is 0 Å². The highest BCUT2D eigenvalue weighted by Gasteiger charge is 2.18. The van der Waals surface area contributed by atoms with Gasteiger partial charge in [-0.25, -0.2) is 8.42 Å². The molecule has 0 unspecified atom stereocenters. The third-order valence-electron chi connectivity index (χ3n) is 2.52. The minimum Gasteiger partial charge on any atom is -0.496 e. The van der Waals surface area contributed by atoms with Crippen LogP contribution < -0.4 is 10.5 Å².